The minimum Gasteiger partial charge on any atom is -0.465 e. The average molecular weight is 555 g/mol. The van der Waals surface area contributed by atoms with Gasteiger partial charge < -0.3 is 14.8 Å². The van der Waals surface area contributed by atoms with Gasteiger partial charge in [0, 0.05) is 17.0 Å². The molecule has 1 aliphatic rings. The van der Waals surface area contributed by atoms with E-state index in [4.69, 9.17) is 9.47 Å². The van der Waals surface area contributed by atoms with Crippen molar-refractivity contribution in [3.8, 4) is 21.8 Å². The average Bonchev–Trinajstić information content (AvgIpc) is 3.71. The fourth-order valence-corrected chi connectivity index (χ4v) is 6.86. The molecule has 3 aromatic heterocycles. The third-order valence-electron chi connectivity index (χ3n) is 5.99. The van der Waals surface area contributed by atoms with Crippen molar-refractivity contribution in [2.45, 2.75) is 37.6 Å². The Labute approximate surface area is 227 Å². The molecule has 1 amide bonds. The summed E-state index contributed by atoms with van der Waals surface area (Å²) in [5, 5.41) is 14.9. The van der Waals surface area contributed by atoms with Crippen LogP contribution in [0.25, 0.3) is 21.8 Å². The summed E-state index contributed by atoms with van der Waals surface area (Å²) in [5.74, 6) is 0.179. The first-order valence-electron chi connectivity index (χ1n) is 11.8. The highest BCUT2D eigenvalue weighted by Gasteiger charge is 2.26. The van der Waals surface area contributed by atoms with Gasteiger partial charge in [-0.3, -0.25) is 9.36 Å². The second-order valence-corrected chi connectivity index (χ2v) is 11.6. The zero-order valence-electron chi connectivity index (χ0n) is 20.4. The van der Waals surface area contributed by atoms with Gasteiger partial charge in [-0.2, -0.15) is 0 Å². The number of hydrogen-bond acceptors (Lipinski definition) is 9. The van der Waals surface area contributed by atoms with E-state index in [2.05, 4.69) is 15.5 Å². The minimum absolute atomic E-state index is 0.107. The molecule has 1 aromatic carbocycles. The van der Waals surface area contributed by atoms with Crippen LogP contribution < -0.4 is 5.32 Å². The van der Waals surface area contributed by atoms with Gasteiger partial charge in [0.15, 0.2) is 11.0 Å². The number of esters is 1. The van der Waals surface area contributed by atoms with Crippen molar-refractivity contribution in [3.05, 3.63) is 58.3 Å². The number of anilines is 1. The zero-order chi connectivity index (χ0) is 25.8. The predicted molar refractivity (Wildman–Crippen MR) is 147 cm³/mol. The molecular weight excluding hydrogens is 529 g/mol. The van der Waals surface area contributed by atoms with Crippen molar-refractivity contribution in [1.29, 1.82) is 0 Å². The Bertz CT molecular complexity index is 1380. The molecule has 1 atom stereocenters. The monoisotopic (exact) mass is 554 g/mol. The lowest BCUT2D eigenvalue weighted by Crippen LogP contribution is -2.18. The van der Waals surface area contributed by atoms with E-state index in [1.54, 1.807) is 11.3 Å². The Hall–Kier alpha value is -2.99. The molecule has 1 aliphatic heterocycles. The summed E-state index contributed by atoms with van der Waals surface area (Å²) < 4.78 is 13.0. The number of aromatic nitrogens is 3. The lowest BCUT2D eigenvalue weighted by Gasteiger charge is -2.14. The van der Waals surface area contributed by atoms with E-state index in [0.717, 1.165) is 46.2 Å². The van der Waals surface area contributed by atoms with Crippen LogP contribution in [-0.4, -0.2) is 52.2 Å². The van der Waals surface area contributed by atoms with Crippen LogP contribution in [0, 0.1) is 6.92 Å². The molecule has 4 aromatic rings. The number of amides is 1. The Morgan fingerprint density at radius 2 is 2.05 bits per heavy atom. The second kappa shape index (κ2) is 11.6. The number of methoxy groups -OCH3 is 1. The van der Waals surface area contributed by atoms with Crippen molar-refractivity contribution in [3.63, 3.8) is 0 Å². The van der Waals surface area contributed by atoms with E-state index in [1.165, 1.54) is 30.2 Å². The highest BCUT2D eigenvalue weighted by atomic mass is 32.2. The van der Waals surface area contributed by atoms with Crippen LogP contribution in [0.15, 0.2) is 53.0 Å². The zero-order valence-corrected chi connectivity index (χ0v) is 22.9. The number of carbonyl (C=O) groups excluding carboxylic acids is 2. The second-order valence-electron chi connectivity index (χ2n) is 8.46. The van der Waals surface area contributed by atoms with E-state index in [1.807, 2.05) is 59.3 Å². The van der Waals surface area contributed by atoms with Crippen LogP contribution in [-0.2, 0) is 20.8 Å². The van der Waals surface area contributed by atoms with Crippen molar-refractivity contribution in [1.82, 2.24) is 14.8 Å². The number of rotatable bonds is 9. The van der Waals surface area contributed by atoms with Crippen molar-refractivity contribution >= 4 is 51.3 Å². The Morgan fingerprint density at radius 1 is 1.22 bits per heavy atom. The van der Waals surface area contributed by atoms with Gasteiger partial charge in [0.2, 0.25) is 5.91 Å². The fraction of sp³-hybridized carbons (Fsp3) is 0.308. The molecular formula is C26H26N4O4S3. The number of nitrogens with zero attached hydrogens (tertiary/aromatic N) is 3. The number of ether oxygens (including phenoxy) is 2. The topological polar surface area (TPSA) is 95.3 Å². The number of thiophene rings is 2. The van der Waals surface area contributed by atoms with Gasteiger partial charge in [-0.15, -0.1) is 32.9 Å². The summed E-state index contributed by atoms with van der Waals surface area (Å²) in [6.45, 7) is 3.34. The van der Waals surface area contributed by atoms with E-state index in [-0.39, 0.29) is 17.8 Å². The quantitative estimate of drug-likeness (QED) is 0.208. The van der Waals surface area contributed by atoms with E-state index >= 15 is 0 Å². The molecule has 37 heavy (non-hydrogen) atoms. The van der Waals surface area contributed by atoms with Gasteiger partial charge in [0.05, 0.1) is 30.4 Å². The minimum atomic E-state index is -0.483. The summed E-state index contributed by atoms with van der Waals surface area (Å²) in [4.78, 5) is 27.7. The van der Waals surface area contributed by atoms with Crippen LogP contribution >= 0.6 is 34.4 Å². The van der Waals surface area contributed by atoms with Crippen LogP contribution in [0.3, 0.4) is 0 Å². The van der Waals surface area contributed by atoms with Gasteiger partial charge in [-0.1, -0.05) is 48.2 Å². The van der Waals surface area contributed by atoms with Crippen molar-refractivity contribution in [2.24, 2.45) is 0 Å². The Kier molecular flexibility index (Phi) is 8.04. The fourth-order valence-electron chi connectivity index (χ4n) is 4.31. The first-order chi connectivity index (χ1) is 18.0. The standard InChI is InChI=1S/C26H26N4O4S3/c1-16-21(17-8-4-3-5-9-17)22(25(32)33-2)24(37-16)27-20(31)15-36-26-29-28-23(19-11-7-13-35-19)30(26)14-18-10-6-12-34-18/h3-5,7-9,11,13,18H,6,10,12,14-15H2,1-2H3,(H,27,31). The number of thioether (sulfide) groups is 1. The molecule has 1 saturated heterocycles. The van der Waals surface area contributed by atoms with Gasteiger partial charge in [-0.25, -0.2) is 4.79 Å². The summed E-state index contributed by atoms with van der Waals surface area (Å²) in [5.41, 5.74) is 2.04. The van der Waals surface area contributed by atoms with Crippen LogP contribution in [0.5, 0.6) is 0 Å². The van der Waals surface area contributed by atoms with E-state index in [9.17, 15) is 9.59 Å². The lowest BCUT2D eigenvalue weighted by atomic mass is 10.0. The normalized spacial score (nSPS) is 15.1. The summed E-state index contributed by atoms with van der Waals surface area (Å²) in [6.07, 6.45) is 2.14. The summed E-state index contributed by atoms with van der Waals surface area (Å²) in [6, 6.07) is 13.6. The first kappa shape index (κ1) is 25.7. The van der Waals surface area contributed by atoms with E-state index in [0.29, 0.717) is 22.3 Å². The van der Waals surface area contributed by atoms with Crippen LogP contribution in [0.4, 0.5) is 5.00 Å². The molecule has 0 radical (unpaired) electrons. The number of hydrogen-bond donors (Lipinski definition) is 1. The van der Waals surface area contributed by atoms with Gasteiger partial charge >= 0.3 is 5.97 Å². The maximum absolute atomic E-state index is 13.0. The maximum Gasteiger partial charge on any atom is 0.341 e. The van der Waals surface area contributed by atoms with Gasteiger partial charge in [0.25, 0.3) is 0 Å². The Morgan fingerprint density at radius 3 is 2.76 bits per heavy atom. The molecule has 0 spiro atoms. The highest BCUT2D eigenvalue weighted by molar-refractivity contribution is 7.99. The van der Waals surface area contributed by atoms with Crippen LogP contribution in [0.1, 0.15) is 28.1 Å². The number of carbonyl (C=O) groups is 2. The van der Waals surface area contributed by atoms with E-state index < -0.39 is 5.97 Å². The van der Waals surface area contributed by atoms with Crippen molar-refractivity contribution in [2.75, 3.05) is 24.8 Å². The molecule has 0 bridgehead atoms. The SMILES string of the molecule is COC(=O)c1c(NC(=O)CSc2nnc(-c3cccs3)n2CC2CCCO2)sc(C)c1-c1ccccc1. The Balaban J connectivity index is 1.35. The number of nitrogens with one attached hydrogen (secondary N) is 1. The number of benzene rings is 1. The predicted octanol–water partition coefficient (Wildman–Crippen LogP) is 5.74. The molecule has 11 heteroatoms. The third-order valence-corrected chi connectivity index (χ3v) is 8.84. The molecule has 1 fully saturated rings. The molecule has 192 valence electrons. The molecule has 1 unspecified atom stereocenters. The molecule has 5 rings (SSSR count). The highest BCUT2D eigenvalue weighted by Crippen LogP contribution is 2.40. The molecule has 0 saturated carbocycles. The van der Waals surface area contributed by atoms with Crippen molar-refractivity contribution < 1.29 is 19.1 Å². The largest absolute Gasteiger partial charge is 0.465 e. The summed E-state index contributed by atoms with van der Waals surface area (Å²) >= 11 is 4.28. The summed E-state index contributed by atoms with van der Waals surface area (Å²) in [7, 11) is 1.34. The van der Waals surface area contributed by atoms with Gasteiger partial charge in [-0.05, 0) is 36.8 Å². The molecule has 8 nitrogen and oxygen atoms in total. The van der Waals surface area contributed by atoms with Crippen LogP contribution in [0.2, 0.25) is 0 Å². The van der Waals surface area contributed by atoms with Gasteiger partial charge in [0.1, 0.15) is 10.6 Å². The molecule has 0 aliphatic carbocycles. The molecule has 4 heterocycles. The first-order valence-corrected chi connectivity index (χ1v) is 14.5. The smallest absolute Gasteiger partial charge is 0.341 e. The third kappa shape index (κ3) is 5.64. The number of aryl methyl sites for hydroxylation is 1. The maximum atomic E-state index is 13.0. The molecule has 1 N–H and O–H groups in total. The lowest BCUT2D eigenvalue weighted by molar-refractivity contribution is -0.113.